The van der Waals surface area contributed by atoms with Gasteiger partial charge >= 0.3 is 0 Å². The fourth-order valence-corrected chi connectivity index (χ4v) is 3.79. The van der Waals surface area contributed by atoms with E-state index in [-0.39, 0.29) is 5.91 Å². The summed E-state index contributed by atoms with van der Waals surface area (Å²) < 4.78 is 0. The molecule has 5 heteroatoms. The van der Waals surface area contributed by atoms with Crippen molar-refractivity contribution in [3.05, 3.63) is 29.3 Å². The van der Waals surface area contributed by atoms with Crippen LogP contribution in [-0.4, -0.2) is 49.2 Å². The first-order valence-corrected chi connectivity index (χ1v) is 9.14. The molecule has 0 aromatic heterocycles. The van der Waals surface area contributed by atoms with Gasteiger partial charge in [0, 0.05) is 36.5 Å². The molecule has 0 spiro atoms. The summed E-state index contributed by atoms with van der Waals surface area (Å²) in [6, 6.07) is 5.52. The van der Waals surface area contributed by atoms with Crippen molar-refractivity contribution >= 4 is 17.3 Å². The van der Waals surface area contributed by atoms with Gasteiger partial charge in [0.1, 0.15) is 0 Å². The maximum atomic E-state index is 11.8. The van der Waals surface area contributed by atoms with Crippen molar-refractivity contribution in [2.45, 2.75) is 32.6 Å². The molecule has 3 fully saturated rings. The summed E-state index contributed by atoms with van der Waals surface area (Å²) in [5.74, 6) is 1.03. The van der Waals surface area contributed by atoms with E-state index < -0.39 is 0 Å². The first kappa shape index (κ1) is 17.0. The third-order valence-electron chi connectivity index (χ3n) is 5.20. The van der Waals surface area contributed by atoms with Crippen LogP contribution in [0.15, 0.2) is 18.2 Å². The summed E-state index contributed by atoms with van der Waals surface area (Å²) in [4.78, 5) is 14.4. The Kier molecular flexibility index (Phi) is 5.51. The van der Waals surface area contributed by atoms with Crippen molar-refractivity contribution < 1.29 is 4.79 Å². The molecule has 4 heterocycles. The van der Waals surface area contributed by atoms with Crippen molar-refractivity contribution in [3.63, 3.8) is 0 Å². The first-order chi connectivity index (χ1) is 11.7. The van der Waals surface area contributed by atoms with E-state index in [1.165, 1.54) is 38.9 Å². The molecule has 0 saturated carbocycles. The summed E-state index contributed by atoms with van der Waals surface area (Å²) in [5, 5.41) is 14.0. The molecule has 5 nitrogen and oxygen atoms in total. The topological polar surface area (TPSA) is 68.2 Å². The van der Waals surface area contributed by atoms with E-state index in [1.54, 1.807) is 6.07 Å². The molecule has 2 bridgehead atoms. The minimum atomic E-state index is -0.0861. The highest BCUT2D eigenvalue weighted by Gasteiger charge is 2.24. The van der Waals surface area contributed by atoms with E-state index in [1.807, 2.05) is 19.1 Å². The van der Waals surface area contributed by atoms with E-state index in [2.05, 4.69) is 15.5 Å². The highest BCUT2D eigenvalue weighted by Crippen LogP contribution is 2.26. The molecule has 4 aliphatic heterocycles. The number of benzene rings is 1. The molecule has 3 N–H and O–H groups in total. The van der Waals surface area contributed by atoms with E-state index >= 15 is 0 Å². The van der Waals surface area contributed by atoms with Gasteiger partial charge in [0.2, 0.25) is 0 Å². The number of nitrogens with one attached hydrogen (secondary N) is 3. The Balaban J connectivity index is 0.000000175. The van der Waals surface area contributed by atoms with Gasteiger partial charge in [-0.2, -0.15) is 0 Å². The lowest BCUT2D eigenvalue weighted by Crippen LogP contribution is -2.41. The Morgan fingerprint density at radius 1 is 1.25 bits per heavy atom. The number of piperidine rings is 3. The van der Waals surface area contributed by atoms with Crippen molar-refractivity contribution in [2.24, 2.45) is 5.92 Å². The second-order valence-corrected chi connectivity index (χ2v) is 6.82. The number of rotatable bonds is 2. The van der Waals surface area contributed by atoms with Crippen molar-refractivity contribution in [1.29, 1.82) is 5.41 Å². The lowest BCUT2D eigenvalue weighted by Gasteiger charge is -2.38. The average molecular weight is 328 g/mol. The van der Waals surface area contributed by atoms with Crippen molar-refractivity contribution in [3.8, 4) is 0 Å². The highest BCUT2D eigenvalue weighted by molar-refractivity contribution is 6.13. The zero-order valence-electron chi connectivity index (χ0n) is 14.5. The third-order valence-corrected chi connectivity index (χ3v) is 5.20. The Labute approximate surface area is 144 Å². The zero-order chi connectivity index (χ0) is 16.9. The summed E-state index contributed by atoms with van der Waals surface area (Å²) >= 11 is 0. The van der Waals surface area contributed by atoms with Gasteiger partial charge in [-0.05, 0) is 63.9 Å². The second-order valence-electron chi connectivity index (χ2n) is 6.82. The van der Waals surface area contributed by atoms with Gasteiger partial charge in [-0.3, -0.25) is 4.79 Å². The fraction of sp³-hybridized carbons (Fsp3) is 0.579. The van der Waals surface area contributed by atoms with Crippen LogP contribution in [-0.2, 0) is 0 Å². The summed E-state index contributed by atoms with van der Waals surface area (Å²) in [6.07, 6.45) is 5.04. The summed E-state index contributed by atoms with van der Waals surface area (Å²) in [5.41, 5.74) is 2.74. The van der Waals surface area contributed by atoms with Crippen molar-refractivity contribution in [2.75, 3.05) is 38.0 Å². The van der Waals surface area contributed by atoms with Crippen LogP contribution in [0, 0.1) is 11.3 Å². The van der Waals surface area contributed by atoms with Gasteiger partial charge < -0.3 is 20.9 Å². The number of carbonyl (C=O) groups excluding carboxylic acids is 1. The molecule has 5 rings (SSSR count). The van der Waals surface area contributed by atoms with E-state index in [4.69, 9.17) is 5.41 Å². The van der Waals surface area contributed by atoms with Crippen LogP contribution < -0.4 is 10.6 Å². The molecule has 24 heavy (non-hydrogen) atoms. The average Bonchev–Trinajstić information content (AvgIpc) is 2.77. The molecule has 1 amide bonds. The normalized spacial score (nSPS) is 25.0. The van der Waals surface area contributed by atoms with Crippen LogP contribution >= 0.6 is 0 Å². The van der Waals surface area contributed by atoms with Crippen LogP contribution in [0.1, 0.15) is 48.5 Å². The molecule has 130 valence electrons. The second kappa shape index (κ2) is 7.79. The van der Waals surface area contributed by atoms with Crippen LogP contribution in [0.2, 0.25) is 0 Å². The van der Waals surface area contributed by atoms with E-state index in [0.717, 1.165) is 23.7 Å². The number of fused-ring (bicyclic) bond motifs is 4. The SMILES string of the molecule is C1CN2CCC1CC2.CCNc1cccc2c1C(=N)CCNC2=O. The quantitative estimate of drug-likeness (QED) is 0.782. The van der Waals surface area contributed by atoms with Gasteiger partial charge in [0.25, 0.3) is 5.91 Å². The number of carbonyl (C=O) groups is 1. The molecular weight excluding hydrogens is 300 g/mol. The molecule has 1 aromatic carbocycles. The van der Waals surface area contributed by atoms with Crippen LogP contribution in [0.3, 0.4) is 0 Å². The maximum absolute atomic E-state index is 11.8. The molecule has 1 aromatic rings. The molecular formula is C19H28N4O. The number of nitrogens with zero attached hydrogens (tertiary/aromatic N) is 1. The Morgan fingerprint density at radius 2 is 1.96 bits per heavy atom. The molecule has 4 aliphatic rings. The lowest BCUT2D eigenvalue weighted by atomic mass is 9.89. The zero-order valence-corrected chi connectivity index (χ0v) is 14.5. The monoisotopic (exact) mass is 328 g/mol. The largest absolute Gasteiger partial charge is 0.385 e. The Hall–Kier alpha value is -1.88. The predicted octanol–water partition coefficient (Wildman–Crippen LogP) is 2.72. The smallest absolute Gasteiger partial charge is 0.252 e. The number of hydrogen-bond acceptors (Lipinski definition) is 4. The Bertz CT molecular complexity index is 582. The molecule has 0 unspecified atom stereocenters. The van der Waals surface area contributed by atoms with Crippen LogP contribution in [0.5, 0.6) is 0 Å². The molecule has 3 saturated heterocycles. The summed E-state index contributed by atoms with van der Waals surface area (Å²) in [6.45, 7) is 7.50. The van der Waals surface area contributed by atoms with Crippen molar-refractivity contribution in [1.82, 2.24) is 10.2 Å². The van der Waals surface area contributed by atoms with E-state index in [0.29, 0.717) is 24.2 Å². The maximum Gasteiger partial charge on any atom is 0.252 e. The lowest BCUT2D eigenvalue weighted by molar-refractivity contribution is 0.0956. The standard InChI is InChI=1S/C12H15N3O.C7H13N/c1-2-14-10-5-3-4-8-11(10)9(13)6-7-15-12(8)16;1-4-8-5-2-7(1)3-6-8/h3-5,13-14H,2,6-7H2,1H3,(H,15,16);7H,1-6H2. The predicted molar refractivity (Wildman–Crippen MR) is 98.2 cm³/mol. The highest BCUT2D eigenvalue weighted by atomic mass is 16.1. The summed E-state index contributed by atoms with van der Waals surface area (Å²) in [7, 11) is 0. The number of anilines is 1. The fourth-order valence-electron chi connectivity index (χ4n) is 3.79. The van der Waals surface area contributed by atoms with E-state index in [9.17, 15) is 4.79 Å². The first-order valence-electron chi connectivity index (χ1n) is 9.14. The van der Waals surface area contributed by atoms with Gasteiger partial charge in [-0.25, -0.2) is 0 Å². The van der Waals surface area contributed by atoms with Crippen LogP contribution in [0.4, 0.5) is 5.69 Å². The molecule has 0 radical (unpaired) electrons. The Morgan fingerprint density at radius 3 is 2.50 bits per heavy atom. The minimum Gasteiger partial charge on any atom is -0.385 e. The molecule has 0 atom stereocenters. The molecule has 0 aliphatic carbocycles. The van der Waals surface area contributed by atoms with Gasteiger partial charge in [-0.15, -0.1) is 0 Å². The van der Waals surface area contributed by atoms with Gasteiger partial charge in [0.15, 0.2) is 0 Å². The van der Waals surface area contributed by atoms with Crippen LogP contribution in [0.25, 0.3) is 0 Å². The number of amides is 1. The third kappa shape index (κ3) is 3.78. The van der Waals surface area contributed by atoms with Gasteiger partial charge in [-0.1, -0.05) is 6.07 Å². The number of hydrogen-bond donors (Lipinski definition) is 3. The minimum absolute atomic E-state index is 0.0861. The van der Waals surface area contributed by atoms with Gasteiger partial charge in [0.05, 0.1) is 5.56 Å².